The maximum atomic E-state index is 12.4. The Morgan fingerprint density at radius 3 is 2.44 bits per heavy atom. The molecule has 9 nitrogen and oxygen atoms in total. The molecule has 32 heavy (non-hydrogen) atoms. The number of nitrogens with zero attached hydrogens (tertiary/aromatic N) is 4. The Balaban J connectivity index is 1.89. The second-order valence-electron chi connectivity index (χ2n) is 8.55. The summed E-state index contributed by atoms with van der Waals surface area (Å²) >= 11 is 0. The number of fused-ring (bicyclic) bond motifs is 1. The van der Waals surface area contributed by atoms with Crippen LogP contribution in [0.1, 0.15) is 50.7 Å². The van der Waals surface area contributed by atoms with Crippen LogP contribution >= 0.6 is 0 Å². The quantitative estimate of drug-likeness (QED) is 0.603. The predicted molar refractivity (Wildman–Crippen MR) is 122 cm³/mol. The van der Waals surface area contributed by atoms with Crippen molar-refractivity contribution in [2.75, 3.05) is 10.2 Å². The number of amides is 2. The minimum atomic E-state index is -0.616. The third kappa shape index (κ3) is 5.48. The summed E-state index contributed by atoms with van der Waals surface area (Å²) in [7, 11) is 1.70. The Morgan fingerprint density at radius 2 is 1.81 bits per heavy atom. The first kappa shape index (κ1) is 22.9. The highest BCUT2D eigenvalue weighted by Gasteiger charge is 2.22. The van der Waals surface area contributed by atoms with Crippen molar-refractivity contribution in [2.24, 2.45) is 7.05 Å². The molecule has 0 saturated carbocycles. The van der Waals surface area contributed by atoms with Gasteiger partial charge in [0.1, 0.15) is 11.4 Å². The van der Waals surface area contributed by atoms with Crippen molar-refractivity contribution in [1.29, 1.82) is 0 Å². The fourth-order valence-corrected chi connectivity index (χ4v) is 3.21. The smallest absolute Gasteiger partial charge is 0.413 e. The largest absolute Gasteiger partial charge is 0.444 e. The van der Waals surface area contributed by atoms with E-state index >= 15 is 0 Å². The number of aromatic nitrogens is 3. The van der Waals surface area contributed by atoms with Crippen LogP contribution in [0.15, 0.2) is 36.5 Å². The van der Waals surface area contributed by atoms with Crippen LogP contribution in [-0.4, -0.2) is 38.1 Å². The van der Waals surface area contributed by atoms with Gasteiger partial charge >= 0.3 is 6.09 Å². The molecule has 0 unspecified atom stereocenters. The average molecular weight is 438 g/mol. The number of rotatable bonds is 5. The summed E-state index contributed by atoms with van der Waals surface area (Å²) < 4.78 is 6.78. The number of ether oxygens (including phenoxy) is 1. The van der Waals surface area contributed by atoms with Crippen molar-refractivity contribution in [3.63, 3.8) is 0 Å². The molecule has 0 aliphatic carbocycles. The van der Waals surface area contributed by atoms with E-state index in [0.717, 1.165) is 10.9 Å². The highest BCUT2D eigenvalue weighted by molar-refractivity contribution is 6.02. The van der Waals surface area contributed by atoms with Gasteiger partial charge in [0.2, 0.25) is 5.91 Å². The van der Waals surface area contributed by atoms with Gasteiger partial charge in [-0.3, -0.25) is 19.6 Å². The van der Waals surface area contributed by atoms with Crippen LogP contribution in [0.4, 0.5) is 16.3 Å². The molecule has 0 bridgehead atoms. The van der Waals surface area contributed by atoms with Crippen LogP contribution in [0.25, 0.3) is 10.9 Å². The van der Waals surface area contributed by atoms with Crippen molar-refractivity contribution in [3.05, 3.63) is 47.8 Å². The number of benzene rings is 1. The Morgan fingerprint density at radius 1 is 1.12 bits per heavy atom. The first-order valence-electron chi connectivity index (χ1n) is 10.2. The number of nitrogens with one attached hydrogen (secondary N) is 1. The number of hydrogen-bond donors (Lipinski definition) is 1. The molecule has 2 amide bonds. The van der Waals surface area contributed by atoms with Gasteiger partial charge in [-0.25, -0.2) is 9.78 Å². The molecule has 2 heterocycles. The fraction of sp³-hybridized carbons (Fsp3) is 0.348. The molecule has 0 saturated heterocycles. The maximum Gasteiger partial charge on any atom is 0.413 e. The van der Waals surface area contributed by atoms with Crippen LogP contribution in [0.3, 0.4) is 0 Å². The summed E-state index contributed by atoms with van der Waals surface area (Å²) in [6.45, 7) is 8.46. The van der Waals surface area contributed by atoms with Gasteiger partial charge < -0.3 is 9.64 Å². The second-order valence-corrected chi connectivity index (χ2v) is 8.55. The number of anilines is 2. The van der Waals surface area contributed by atoms with E-state index in [9.17, 15) is 14.4 Å². The lowest BCUT2D eigenvalue weighted by molar-refractivity contribution is -0.116. The van der Waals surface area contributed by atoms with E-state index in [1.807, 2.05) is 24.3 Å². The molecular weight excluding hydrogens is 410 g/mol. The predicted octanol–water partition coefficient (Wildman–Crippen LogP) is 4.07. The molecule has 3 aromatic rings. The number of hydrogen-bond acceptors (Lipinski definition) is 6. The van der Waals surface area contributed by atoms with Gasteiger partial charge in [-0.2, -0.15) is 5.10 Å². The van der Waals surface area contributed by atoms with Gasteiger partial charge in [0, 0.05) is 32.5 Å². The van der Waals surface area contributed by atoms with Crippen LogP contribution < -0.4 is 10.2 Å². The van der Waals surface area contributed by atoms with Crippen LogP contribution in [-0.2, 0) is 23.1 Å². The molecule has 0 radical (unpaired) electrons. The molecule has 0 atom stereocenters. The zero-order valence-electron chi connectivity index (χ0n) is 19.1. The first-order chi connectivity index (χ1) is 14.9. The fourth-order valence-electron chi connectivity index (χ4n) is 3.21. The van der Waals surface area contributed by atoms with E-state index in [1.165, 1.54) is 23.4 Å². The van der Waals surface area contributed by atoms with Crippen LogP contribution in [0, 0.1) is 0 Å². The lowest BCUT2D eigenvalue weighted by Crippen LogP contribution is -2.28. The summed E-state index contributed by atoms with van der Waals surface area (Å²) in [6.07, 6.45) is 1.07. The van der Waals surface area contributed by atoms with Crippen molar-refractivity contribution in [3.8, 4) is 0 Å². The van der Waals surface area contributed by atoms with Gasteiger partial charge in [0.15, 0.2) is 11.5 Å². The third-order valence-electron chi connectivity index (χ3n) is 4.54. The highest BCUT2D eigenvalue weighted by Crippen LogP contribution is 2.24. The molecule has 0 aliphatic rings. The Hall–Kier alpha value is -3.75. The maximum absolute atomic E-state index is 12.4. The van der Waals surface area contributed by atoms with Gasteiger partial charge in [-0.1, -0.05) is 12.1 Å². The minimum Gasteiger partial charge on any atom is -0.444 e. The molecule has 0 fully saturated rings. The number of ketones is 1. The van der Waals surface area contributed by atoms with Crippen LogP contribution in [0.2, 0.25) is 0 Å². The van der Waals surface area contributed by atoms with E-state index in [1.54, 1.807) is 40.1 Å². The molecule has 3 rings (SSSR count). The van der Waals surface area contributed by atoms with E-state index in [2.05, 4.69) is 15.4 Å². The second kappa shape index (κ2) is 8.78. The highest BCUT2D eigenvalue weighted by atomic mass is 16.6. The number of carbonyl (C=O) groups excluding carboxylic acids is 3. The van der Waals surface area contributed by atoms with E-state index < -0.39 is 11.7 Å². The van der Waals surface area contributed by atoms with Gasteiger partial charge in [0.05, 0.1) is 17.7 Å². The summed E-state index contributed by atoms with van der Waals surface area (Å²) in [4.78, 5) is 42.4. The minimum absolute atomic E-state index is 0.214. The van der Waals surface area contributed by atoms with E-state index in [-0.39, 0.29) is 23.9 Å². The molecule has 168 valence electrons. The normalized spacial score (nSPS) is 11.3. The Labute approximate surface area is 186 Å². The van der Waals surface area contributed by atoms with Crippen molar-refractivity contribution in [1.82, 2.24) is 14.8 Å². The topological polar surface area (TPSA) is 106 Å². The first-order valence-corrected chi connectivity index (χ1v) is 10.2. The summed E-state index contributed by atoms with van der Waals surface area (Å²) in [5.74, 6) is -0.0720. The summed E-state index contributed by atoms with van der Waals surface area (Å²) in [5, 5.41) is 7.69. The van der Waals surface area contributed by atoms with Crippen molar-refractivity contribution >= 4 is 40.2 Å². The standard InChI is InChI=1S/C23H27N5O4/c1-14(29)21-19(13-27(6)26-21)28(15(2)30)12-16-7-8-17-9-10-20(24-18(17)11-16)25-22(31)32-23(3,4)5/h7-11,13H,12H2,1-6H3,(H,24,25,31). The van der Waals surface area contributed by atoms with E-state index in [0.29, 0.717) is 17.0 Å². The lowest BCUT2D eigenvalue weighted by Gasteiger charge is -2.21. The van der Waals surface area contributed by atoms with E-state index in [4.69, 9.17) is 4.74 Å². The monoisotopic (exact) mass is 437 g/mol. The number of Topliss-reactive ketones (excluding diaryl/α,β-unsaturated/α-hetero) is 1. The zero-order valence-corrected chi connectivity index (χ0v) is 19.1. The number of aryl methyl sites for hydroxylation is 1. The van der Waals surface area contributed by atoms with Gasteiger partial charge in [0.25, 0.3) is 0 Å². The zero-order chi connectivity index (χ0) is 23.6. The average Bonchev–Trinajstić information content (AvgIpc) is 3.05. The molecule has 1 N–H and O–H groups in total. The number of pyridine rings is 1. The van der Waals surface area contributed by atoms with Gasteiger partial charge in [-0.05, 0) is 44.5 Å². The molecule has 1 aromatic carbocycles. The molecule has 9 heteroatoms. The summed E-state index contributed by atoms with van der Waals surface area (Å²) in [6, 6.07) is 9.17. The molecular formula is C23H27N5O4. The SMILES string of the molecule is CC(=O)c1nn(C)cc1N(Cc1ccc2ccc(NC(=O)OC(C)(C)C)nc2c1)C(C)=O. The van der Waals surface area contributed by atoms with Crippen molar-refractivity contribution < 1.29 is 19.1 Å². The van der Waals surface area contributed by atoms with Crippen LogP contribution in [0.5, 0.6) is 0 Å². The summed E-state index contributed by atoms with van der Waals surface area (Å²) in [5.41, 5.74) is 1.55. The Bertz CT molecular complexity index is 1190. The molecule has 0 aliphatic heterocycles. The van der Waals surface area contributed by atoms with Crippen molar-refractivity contribution in [2.45, 2.75) is 46.8 Å². The molecule has 2 aromatic heterocycles. The third-order valence-corrected chi connectivity index (χ3v) is 4.54. The lowest BCUT2D eigenvalue weighted by atomic mass is 10.1. The number of carbonyl (C=O) groups is 3. The van der Waals surface area contributed by atoms with Gasteiger partial charge in [-0.15, -0.1) is 0 Å². The molecule has 0 spiro atoms. The Kier molecular flexibility index (Phi) is 6.29.